The molecule has 0 unspecified atom stereocenters. The second-order valence-corrected chi connectivity index (χ2v) is 9.48. The fourth-order valence-corrected chi connectivity index (χ4v) is 4.60. The van der Waals surface area contributed by atoms with Crippen molar-refractivity contribution in [2.75, 3.05) is 5.75 Å². The molecule has 0 radical (unpaired) electrons. The predicted molar refractivity (Wildman–Crippen MR) is 109 cm³/mol. The number of pyridine rings is 1. The molecule has 156 valence electrons. The maximum atomic E-state index is 13.0. The summed E-state index contributed by atoms with van der Waals surface area (Å²) >= 11 is 6.04. The number of hydrogen-bond acceptors (Lipinski definition) is 4. The molecule has 0 bridgehead atoms. The summed E-state index contributed by atoms with van der Waals surface area (Å²) in [7, 11) is -2.05. The molecule has 2 aromatic heterocycles. The normalized spacial score (nSPS) is 12.7. The summed E-state index contributed by atoms with van der Waals surface area (Å²) in [5.41, 5.74) is -0.326. The van der Waals surface area contributed by atoms with Crippen LogP contribution < -0.4 is 0 Å². The Kier molecular flexibility index (Phi) is 4.78. The van der Waals surface area contributed by atoms with E-state index >= 15 is 0 Å². The Morgan fingerprint density at radius 3 is 2.50 bits per heavy atom. The second-order valence-electron chi connectivity index (χ2n) is 6.79. The number of hydrogen-bond donors (Lipinski definition) is 0. The van der Waals surface area contributed by atoms with E-state index in [0.717, 1.165) is 17.6 Å². The molecule has 0 aliphatic heterocycles. The third kappa shape index (κ3) is 3.41. The molecule has 0 spiro atoms. The van der Waals surface area contributed by atoms with Crippen LogP contribution in [0, 0.1) is 0 Å². The number of rotatable bonds is 3. The van der Waals surface area contributed by atoms with Gasteiger partial charge in [0.1, 0.15) is 11.5 Å². The van der Waals surface area contributed by atoms with E-state index in [9.17, 15) is 21.6 Å². The third-order valence-electron chi connectivity index (χ3n) is 4.91. The van der Waals surface area contributed by atoms with Crippen LogP contribution in [0.15, 0.2) is 47.5 Å². The van der Waals surface area contributed by atoms with Crippen LogP contribution in [0.1, 0.15) is 12.6 Å². The van der Waals surface area contributed by atoms with Crippen LogP contribution in [0.5, 0.6) is 0 Å². The first-order valence-corrected chi connectivity index (χ1v) is 10.9. The van der Waals surface area contributed by atoms with Gasteiger partial charge in [-0.05, 0) is 41.1 Å². The Morgan fingerprint density at radius 2 is 1.83 bits per heavy atom. The molecule has 2 heterocycles. The molecule has 5 nitrogen and oxygen atoms in total. The van der Waals surface area contributed by atoms with E-state index in [1.165, 1.54) is 17.6 Å². The molecule has 10 heteroatoms. The zero-order chi connectivity index (χ0) is 21.8. The molecule has 0 fully saturated rings. The van der Waals surface area contributed by atoms with Crippen molar-refractivity contribution in [1.82, 2.24) is 14.5 Å². The van der Waals surface area contributed by atoms with Gasteiger partial charge in [-0.25, -0.2) is 18.4 Å². The van der Waals surface area contributed by atoms with Crippen molar-refractivity contribution in [3.8, 4) is 11.4 Å². The van der Waals surface area contributed by atoms with Crippen molar-refractivity contribution in [3.05, 3.63) is 53.3 Å². The lowest BCUT2D eigenvalue weighted by atomic mass is 10.1. The molecule has 4 rings (SSSR count). The molecular formula is C20H15ClF3N3O2S. The molecule has 0 atom stereocenters. The topological polar surface area (TPSA) is 64.8 Å². The first kappa shape index (κ1) is 20.6. The number of benzene rings is 2. The van der Waals surface area contributed by atoms with Gasteiger partial charge in [0.2, 0.25) is 0 Å². The van der Waals surface area contributed by atoms with Crippen molar-refractivity contribution in [1.29, 1.82) is 0 Å². The minimum atomic E-state index is -4.61. The van der Waals surface area contributed by atoms with Gasteiger partial charge in [-0.2, -0.15) is 13.2 Å². The van der Waals surface area contributed by atoms with Crippen LogP contribution in [-0.4, -0.2) is 28.7 Å². The fraction of sp³-hybridized carbons (Fsp3) is 0.200. The van der Waals surface area contributed by atoms with E-state index < -0.39 is 21.7 Å². The molecule has 0 N–H and O–H groups in total. The quantitative estimate of drug-likeness (QED) is 0.424. The summed E-state index contributed by atoms with van der Waals surface area (Å²) in [6.07, 6.45) is -3.52. The molecule has 30 heavy (non-hydrogen) atoms. The Labute approximate surface area is 175 Å². The van der Waals surface area contributed by atoms with E-state index in [1.54, 1.807) is 31.3 Å². The first-order valence-electron chi connectivity index (χ1n) is 8.87. The monoisotopic (exact) mass is 453 g/mol. The smallest absolute Gasteiger partial charge is 0.326 e. The van der Waals surface area contributed by atoms with Gasteiger partial charge in [-0.1, -0.05) is 24.6 Å². The molecule has 0 saturated carbocycles. The highest BCUT2D eigenvalue weighted by Crippen LogP contribution is 2.35. The number of aromatic nitrogens is 3. The van der Waals surface area contributed by atoms with E-state index in [1.807, 2.05) is 0 Å². The van der Waals surface area contributed by atoms with Crippen LogP contribution in [0.4, 0.5) is 13.2 Å². The summed E-state index contributed by atoms with van der Waals surface area (Å²) in [6.45, 7) is 1.52. The van der Waals surface area contributed by atoms with Crippen molar-refractivity contribution >= 4 is 43.2 Å². The Balaban J connectivity index is 2.05. The maximum absolute atomic E-state index is 13.0. The van der Waals surface area contributed by atoms with Gasteiger partial charge in [0.15, 0.2) is 9.84 Å². The van der Waals surface area contributed by atoms with Crippen LogP contribution in [-0.2, 0) is 23.1 Å². The van der Waals surface area contributed by atoms with Gasteiger partial charge < -0.3 is 4.57 Å². The Morgan fingerprint density at radius 1 is 1.10 bits per heavy atom. The van der Waals surface area contributed by atoms with E-state index in [2.05, 4.69) is 9.97 Å². The summed E-state index contributed by atoms with van der Waals surface area (Å²) in [5, 5.41) is 1.83. The molecule has 2 aromatic carbocycles. The molecule has 0 amide bonds. The minimum absolute atomic E-state index is 0.0437. The lowest BCUT2D eigenvalue weighted by molar-refractivity contribution is -0.141. The van der Waals surface area contributed by atoms with Crippen molar-refractivity contribution in [3.63, 3.8) is 0 Å². The number of fused-ring (bicyclic) bond motifs is 2. The number of halogens is 4. The molecular weight excluding hydrogens is 439 g/mol. The van der Waals surface area contributed by atoms with Crippen LogP contribution in [0.25, 0.3) is 33.2 Å². The van der Waals surface area contributed by atoms with Gasteiger partial charge in [-0.15, -0.1) is 0 Å². The van der Waals surface area contributed by atoms with Gasteiger partial charge in [0.25, 0.3) is 0 Å². The predicted octanol–water partition coefficient (Wildman–Crippen LogP) is 5.25. The maximum Gasteiger partial charge on any atom is 0.433 e. The Hall–Kier alpha value is -2.65. The number of aryl methyl sites for hydroxylation is 1. The zero-order valence-electron chi connectivity index (χ0n) is 15.8. The number of alkyl halides is 3. The highest BCUT2D eigenvalue weighted by Gasteiger charge is 2.33. The van der Waals surface area contributed by atoms with Gasteiger partial charge in [-0.3, -0.25) is 0 Å². The SMILES string of the molecule is CCS(=O)(=O)c1cc2cc(Cl)ccc2cc1-c1nc2cc(C(F)(F)F)ncc2n1C. The van der Waals surface area contributed by atoms with Crippen LogP contribution in [0.2, 0.25) is 5.02 Å². The lowest BCUT2D eigenvalue weighted by Crippen LogP contribution is -2.07. The highest BCUT2D eigenvalue weighted by molar-refractivity contribution is 7.91. The van der Waals surface area contributed by atoms with Crippen LogP contribution in [0.3, 0.4) is 0 Å². The average Bonchev–Trinajstić information content (AvgIpc) is 3.02. The summed E-state index contributed by atoms with van der Waals surface area (Å²) in [5.74, 6) is 0.0884. The average molecular weight is 454 g/mol. The van der Waals surface area contributed by atoms with Crippen LogP contribution >= 0.6 is 11.6 Å². The molecule has 0 aliphatic rings. The molecule has 0 saturated heterocycles. The third-order valence-corrected chi connectivity index (χ3v) is 6.92. The van der Waals surface area contributed by atoms with E-state index in [4.69, 9.17) is 11.6 Å². The highest BCUT2D eigenvalue weighted by atomic mass is 35.5. The standard InChI is InChI=1S/C20H15ClF3N3O2S/c1-3-30(28,29)17-8-12-6-13(21)5-4-11(12)7-14(17)19-26-15-9-18(20(22,23)24)25-10-16(15)27(19)2/h4-10H,3H2,1-2H3. The minimum Gasteiger partial charge on any atom is -0.326 e. The van der Waals surface area contributed by atoms with Gasteiger partial charge in [0, 0.05) is 17.6 Å². The van der Waals surface area contributed by atoms with Crippen molar-refractivity contribution < 1.29 is 21.6 Å². The number of nitrogens with zero attached hydrogens (tertiary/aromatic N) is 3. The van der Waals surface area contributed by atoms with Gasteiger partial charge in [0.05, 0.1) is 27.9 Å². The first-order chi connectivity index (χ1) is 14.0. The summed E-state index contributed by atoms with van der Waals surface area (Å²) < 4.78 is 66.2. The summed E-state index contributed by atoms with van der Waals surface area (Å²) in [4.78, 5) is 7.84. The zero-order valence-corrected chi connectivity index (χ0v) is 17.4. The van der Waals surface area contributed by atoms with E-state index in [0.29, 0.717) is 21.5 Å². The fourth-order valence-electron chi connectivity index (χ4n) is 3.32. The summed E-state index contributed by atoms with van der Waals surface area (Å²) in [6, 6.07) is 9.12. The van der Waals surface area contributed by atoms with Gasteiger partial charge >= 0.3 is 6.18 Å². The van der Waals surface area contributed by atoms with Crippen molar-refractivity contribution in [2.45, 2.75) is 18.0 Å². The second kappa shape index (κ2) is 6.95. The molecule has 0 aliphatic carbocycles. The lowest BCUT2D eigenvalue weighted by Gasteiger charge is -2.12. The Bertz CT molecular complexity index is 1410. The van der Waals surface area contributed by atoms with E-state index in [-0.39, 0.29) is 22.0 Å². The number of imidazole rings is 1. The molecule has 4 aromatic rings. The largest absolute Gasteiger partial charge is 0.433 e. The van der Waals surface area contributed by atoms with Crippen molar-refractivity contribution in [2.24, 2.45) is 7.05 Å². The number of sulfone groups is 1.